The molecule has 2 heteroatoms. The molecular weight excluding hydrogens is 236 g/mol. The number of hydrogen-bond donors (Lipinski definition) is 0. The van der Waals surface area contributed by atoms with Crippen molar-refractivity contribution >= 4 is 5.97 Å². The fourth-order valence-corrected chi connectivity index (χ4v) is 2.83. The van der Waals surface area contributed by atoms with Gasteiger partial charge in [0.1, 0.15) is 0 Å². The lowest BCUT2D eigenvalue weighted by Gasteiger charge is -2.11. The van der Waals surface area contributed by atoms with Crippen molar-refractivity contribution in [3.63, 3.8) is 0 Å². The fourth-order valence-electron chi connectivity index (χ4n) is 2.83. The minimum absolute atomic E-state index is 0.126. The van der Waals surface area contributed by atoms with Gasteiger partial charge in [0, 0.05) is 5.57 Å². The summed E-state index contributed by atoms with van der Waals surface area (Å²) in [5.41, 5.74) is 0.895. The molecule has 0 heterocycles. The molecule has 0 amide bonds. The van der Waals surface area contributed by atoms with Crippen LogP contribution in [-0.4, -0.2) is 13.1 Å². The van der Waals surface area contributed by atoms with Crippen molar-refractivity contribution in [3.05, 3.63) is 11.6 Å². The first kappa shape index (κ1) is 16.3. The highest BCUT2D eigenvalue weighted by atomic mass is 16.5. The molecule has 0 N–H and O–H groups in total. The Labute approximate surface area is 118 Å². The van der Waals surface area contributed by atoms with Crippen molar-refractivity contribution in [2.45, 2.75) is 77.6 Å². The summed E-state index contributed by atoms with van der Waals surface area (Å²) in [6, 6.07) is 0. The van der Waals surface area contributed by atoms with Gasteiger partial charge < -0.3 is 4.74 Å². The average molecular weight is 266 g/mol. The standard InChI is InChI=1S/C17H30O2/c1-15-12-10-8-6-4-3-5-7-9-11-13-16(14-15)17(18)19-2/h14-15H,3-13H2,1-2H3/b16-14-/t15-/m1/s1. The lowest BCUT2D eigenvalue weighted by Crippen LogP contribution is -2.07. The van der Waals surface area contributed by atoms with E-state index in [9.17, 15) is 4.79 Å². The van der Waals surface area contributed by atoms with E-state index >= 15 is 0 Å². The van der Waals surface area contributed by atoms with Gasteiger partial charge >= 0.3 is 5.97 Å². The van der Waals surface area contributed by atoms with Gasteiger partial charge in [0.15, 0.2) is 0 Å². The van der Waals surface area contributed by atoms with Crippen molar-refractivity contribution in [1.29, 1.82) is 0 Å². The molecule has 0 radical (unpaired) electrons. The predicted octanol–water partition coefficient (Wildman–Crippen LogP) is 5.03. The zero-order valence-electron chi connectivity index (χ0n) is 12.7. The summed E-state index contributed by atoms with van der Waals surface area (Å²) in [6.45, 7) is 2.22. The maximum absolute atomic E-state index is 11.8. The molecular formula is C17H30O2. The molecule has 1 aliphatic carbocycles. The Bertz CT molecular complexity index is 281. The summed E-state index contributed by atoms with van der Waals surface area (Å²) < 4.78 is 4.90. The Balaban J connectivity index is 2.56. The van der Waals surface area contributed by atoms with Crippen molar-refractivity contribution in [2.75, 3.05) is 7.11 Å². The van der Waals surface area contributed by atoms with Gasteiger partial charge in [0.25, 0.3) is 0 Å². The number of allylic oxidation sites excluding steroid dienone is 1. The summed E-state index contributed by atoms with van der Waals surface area (Å²) in [7, 11) is 1.49. The zero-order chi connectivity index (χ0) is 13.9. The highest BCUT2D eigenvalue weighted by Crippen LogP contribution is 2.20. The van der Waals surface area contributed by atoms with E-state index in [4.69, 9.17) is 4.74 Å². The van der Waals surface area contributed by atoms with Crippen LogP contribution in [0.15, 0.2) is 11.6 Å². The van der Waals surface area contributed by atoms with Gasteiger partial charge in [-0.05, 0) is 25.2 Å². The fraction of sp³-hybridized carbons (Fsp3) is 0.824. The largest absolute Gasteiger partial charge is 0.466 e. The Hall–Kier alpha value is -0.790. The monoisotopic (exact) mass is 266 g/mol. The lowest BCUT2D eigenvalue weighted by molar-refractivity contribution is -0.136. The normalized spacial score (nSPS) is 26.8. The molecule has 0 saturated heterocycles. The molecule has 19 heavy (non-hydrogen) atoms. The van der Waals surface area contributed by atoms with Gasteiger partial charge in [-0.3, -0.25) is 0 Å². The van der Waals surface area contributed by atoms with Crippen LogP contribution >= 0.6 is 0 Å². The number of carbonyl (C=O) groups is 1. The highest BCUT2D eigenvalue weighted by Gasteiger charge is 2.11. The Kier molecular flexibility index (Phi) is 8.61. The molecule has 0 aliphatic heterocycles. The van der Waals surface area contributed by atoms with E-state index in [-0.39, 0.29) is 5.97 Å². The van der Waals surface area contributed by atoms with Gasteiger partial charge in [-0.15, -0.1) is 0 Å². The van der Waals surface area contributed by atoms with Crippen molar-refractivity contribution in [1.82, 2.24) is 0 Å². The van der Waals surface area contributed by atoms with E-state index < -0.39 is 0 Å². The number of methoxy groups -OCH3 is 1. The van der Waals surface area contributed by atoms with Crippen LogP contribution in [0.2, 0.25) is 0 Å². The zero-order valence-corrected chi connectivity index (χ0v) is 12.7. The van der Waals surface area contributed by atoms with Crippen molar-refractivity contribution in [3.8, 4) is 0 Å². The third-order valence-corrected chi connectivity index (χ3v) is 4.04. The molecule has 0 bridgehead atoms. The second-order valence-corrected chi connectivity index (χ2v) is 5.88. The first-order valence-electron chi connectivity index (χ1n) is 8.03. The van der Waals surface area contributed by atoms with Crippen molar-refractivity contribution in [2.24, 2.45) is 5.92 Å². The SMILES string of the molecule is COC(=O)/C1=C\[C@H](C)CCCCCCCCCCC1. The topological polar surface area (TPSA) is 26.3 Å². The number of carbonyl (C=O) groups excluding carboxylic acids is 1. The van der Waals surface area contributed by atoms with Crippen LogP contribution in [0.4, 0.5) is 0 Å². The van der Waals surface area contributed by atoms with Crippen LogP contribution in [0, 0.1) is 5.92 Å². The molecule has 0 saturated carbocycles. The molecule has 0 unspecified atom stereocenters. The van der Waals surface area contributed by atoms with Crippen LogP contribution in [0.25, 0.3) is 0 Å². The Morgan fingerprint density at radius 3 is 2.11 bits per heavy atom. The van der Waals surface area contributed by atoms with Gasteiger partial charge in [0.05, 0.1) is 7.11 Å². The van der Waals surface area contributed by atoms with E-state index in [2.05, 4.69) is 13.0 Å². The molecule has 1 aliphatic rings. The molecule has 1 rings (SSSR count). The van der Waals surface area contributed by atoms with Crippen LogP contribution in [0.1, 0.15) is 77.6 Å². The van der Waals surface area contributed by atoms with E-state index in [0.29, 0.717) is 5.92 Å². The Morgan fingerprint density at radius 2 is 1.53 bits per heavy atom. The first-order valence-corrected chi connectivity index (χ1v) is 8.03. The summed E-state index contributed by atoms with van der Waals surface area (Å²) in [6.07, 6.45) is 16.0. The summed E-state index contributed by atoms with van der Waals surface area (Å²) in [5, 5.41) is 0. The van der Waals surface area contributed by atoms with Gasteiger partial charge in [-0.2, -0.15) is 0 Å². The minimum atomic E-state index is -0.126. The highest BCUT2D eigenvalue weighted by molar-refractivity contribution is 5.88. The molecule has 2 nitrogen and oxygen atoms in total. The van der Waals surface area contributed by atoms with Gasteiger partial charge in [-0.1, -0.05) is 64.4 Å². The average Bonchev–Trinajstić information content (AvgIpc) is 2.42. The van der Waals surface area contributed by atoms with E-state index in [0.717, 1.165) is 18.4 Å². The molecule has 0 aromatic carbocycles. The molecule has 0 aromatic heterocycles. The number of ether oxygens (including phenoxy) is 1. The van der Waals surface area contributed by atoms with E-state index in [1.165, 1.54) is 64.9 Å². The maximum Gasteiger partial charge on any atom is 0.333 e. The third-order valence-electron chi connectivity index (χ3n) is 4.04. The second-order valence-electron chi connectivity index (χ2n) is 5.88. The number of esters is 1. The molecule has 110 valence electrons. The molecule has 0 fully saturated rings. The molecule has 1 atom stereocenters. The molecule has 0 aromatic rings. The third kappa shape index (κ3) is 7.39. The van der Waals surface area contributed by atoms with Crippen LogP contribution < -0.4 is 0 Å². The van der Waals surface area contributed by atoms with E-state index in [1.807, 2.05) is 0 Å². The summed E-state index contributed by atoms with van der Waals surface area (Å²) in [5.74, 6) is 0.371. The lowest BCUT2D eigenvalue weighted by atomic mass is 9.96. The van der Waals surface area contributed by atoms with Gasteiger partial charge in [0.2, 0.25) is 0 Å². The molecule has 0 spiro atoms. The van der Waals surface area contributed by atoms with Gasteiger partial charge in [-0.25, -0.2) is 4.79 Å². The summed E-state index contributed by atoms with van der Waals surface area (Å²) >= 11 is 0. The quantitative estimate of drug-likeness (QED) is 0.622. The second kappa shape index (κ2) is 10.1. The van der Waals surface area contributed by atoms with Crippen molar-refractivity contribution < 1.29 is 9.53 Å². The minimum Gasteiger partial charge on any atom is -0.466 e. The smallest absolute Gasteiger partial charge is 0.333 e. The first-order chi connectivity index (χ1) is 9.24. The number of rotatable bonds is 1. The maximum atomic E-state index is 11.8. The van der Waals surface area contributed by atoms with E-state index in [1.54, 1.807) is 0 Å². The predicted molar refractivity (Wildman–Crippen MR) is 80.1 cm³/mol. The van der Waals surface area contributed by atoms with Crippen LogP contribution in [0.5, 0.6) is 0 Å². The number of hydrogen-bond acceptors (Lipinski definition) is 2. The van der Waals surface area contributed by atoms with Crippen LogP contribution in [0.3, 0.4) is 0 Å². The van der Waals surface area contributed by atoms with Crippen LogP contribution in [-0.2, 0) is 9.53 Å². The summed E-state index contributed by atoms with van der Waals surface area (Å²) in [4.78, 5) is 11.8. The Morgan fingerprint density at radius 1 is 1.00 bits per heavy atom.